The molecule has 0 bridgehead atoms. The summed E-state index contributed by atoms with van der Waals surface area (Å²) < 4.78 is 12.1. The van der Waals surface area contributed by atoms with Crippen LogP contribution in [0, 0.1) is 0 Å². The maximum Gasteiger partial charge on any atom is 0.159 e. The summed E-state index contributed by atoms with van der Waals surface area (Å²) in [5.74, 6) is 2.36. The smallest absolute Gasteiger partial charge is 0.159 e. The lowest BCUT2D eigenvalue weighted by Gasteiger charge is -1.97. The number of hydrogen-bond acceptors (Lipinski definition) is 4. The fourth-order valence-corrected chi connectivity index (χ4v) is 1.68. The number of pyridine rings is 1. The predicted octanol–water partition coefficient (Wildman–Crippen LogP) is 1.92. The molecule has 0 saturated heterocycles. The van der Waals surface area contributed by atoms with E-state index >= 15 is 0 Å². The third-order valence-corrected chi connectivity index (χ3v) is 2.50. The van der Waals surface area contributed by atoms with E-state index in [0.29, 0.717) is 6.42 Å². The lowest BCUT2D eigenvalue weighted by atomic mass is 10.3. The number of aromatic nitrogens is 3. The minimum absolute atomic E-state index is 0.594. The Kier molecular flexibility index (Phi) is 2.29. The number of nitrogens with zero attached hydrogens (tertiary/aromatic N) is 3. The van der Waals surface area contributed by atoms with Crippen LogP contribution in [-0.2, 0) is 6.42 Å². The first-order valence-electron chi connectivity index (χ1n) is 5.27. The zero-order valence-electron chi connectivity index (χ0n) is 9.33. The Morgan fingerprint density at radius 1 is 1.41 bits per heavy atom. The predicted molar refractivity (Wildman–Crippen MR) is 61.1 cm³/mol. The number of methoxy groups -OCH3 is 1. The van der Waals surface area contributed by atoms with Crippen molar-refractivity contribution in [2.24, 2.45) is 0 Å². The van der Waals surface area contributed by atoms with Crippen LogP contribution in [0.2, 0.25) is 0 Å². The first kappa shape index (κ1) is 9.89. The van der Waals surface area contributed by atoms with Gasteiger partial charge in [-0.25, -0.2) is 9.50 Å². The van der Waals surface area contributed by atoms with Crippen LogP contribution >= 0.6 is 0 Å². The Labute approximate surface area is 97.7 Å². The van der Waals surface area contributed by atoms with Crippen molar-refractivity contribution in [3.05, 3.63) is 48.3 Å². The molecule has 5 nitrogen and oxygen atoms in total. The van der Waals surface area contributed by atoms with E-state index in [-0.39, 0.29) is 0 Å². The summed E-state index contributed by atoms with van der Waals surface area (Å²) >= 11 is 0. The Balaban J connectivity index is 1.96. The van der Waals surface area contributed by atoms with Crippen molar-refractivity contribution in [2.45, 2.75) is 6.42 Å². The van der Waals surface area contributed by atoms with Crippen molar-refractivity contribution in [1.29, 1.82) is 0 Å². The molecular weight excluding hydrogens is 218 g/mol. The molecule has 0 atom stereocenters. The molecule has 0 radical (unpaired) electrons. The van der Waals surface area contributed by atoms with Gasteiger partial charge in [-0.15, -0.1) is 0 Å². The third-order valence-electron chi connectivity index (χ3n) is 2.50. The van der Waals surface area contributed by atoms with Gasteiger partial charge >= 0.3 is 0 Å². The van der Waals surface area contributed by atoms with E-state index in [1.165, 1.54) is 0 Å². The molecule has 0 fully saturated rings. The molecule has 0 N–H and O–H groups in total. The second kappa shape index (κ2) is 3.93. The van der Waals surface area contributed by atoms with Gasteiger partial charge in [0.15, 0.2) is 11.5 Å². The second-order valence-corrected chi connectivity index (χ2v) is 3.65. The van der Waals surface area contributed by atoms with Crippen LogP contribution in [0.4, 0.5) is 0 Å². The van der Waals surface area contributed by atoms with E-state index in [4.69, 9.17) is 9.15 Å². The van der Waals surface area contributed by atoms with Gasteiger partial charge in [0.2, 0.25) is 0 Å². The first-order chi connectivity index (χ1) is 8.35. The minimum atomic E-state index is 0.594. The molecule has 0 unspecified atom stereocenters. The minimum Gasteiger partial charge on any atom is -0.497 e. The highest BCUT2D eigenvalue weighted by atomic mass is 16.5. The zero-order chi connectivity index (χ0) is 11.7. The zero-order valence-corrected chi connectivity index (χ0v) is 9.33. The lowest BCUT2D eigenvalue weighted by Crippen LogP contribution is -1.90. The molecule has 0 saturated carbocycles. The van der Waals surface area contributed by atoms with Crippen molar-refractivity contribution in [3.63, 3.8) is 0 Å². The van der Waals surface area contributed by atoms with Crippen molar-refractivity contribution in [3.8, 4) is 5.75 Å². The Morgan fingerprint density at radius 3 is 3.12 bits per heavy atom. The molecule has 0 amide bonds. The molecule has 0 spiro atoms. The Hall–Kier alpha value is -2.30. The van der Waals surface area contributed by atoms with Gasteiger partial charge in [0, 0.05) is 12.3 Å². The second-order valence-electron chi connectivity index (χ2n) is 3.65. The molecule has 3 aromatic rings. The fourth-order valence-electron chi connectivity index (χ4n) is 1.68. The van der Waals surface area contributed by atoms with Gasteiger partial charge in [0.05, 0.1) is 19.8 Å². The summed E-state index contributed by atoms with van der Waals surface area (Å²) in [5, 5.41) is 4.35. The molecular formula is C12H11N3O2. The standard InChI is InChI=1S/C12H11N3O2/c1-16-9-4-5-15-12(8-9)13-11(14-15)7-10-3-2-6-17-10/h2-6,8H,7H2,1H3. The van der Waals surface area contributed by atoms with Crippen molar-refractivity contribution < 1.29 is 9.15 Å². The summed E-state index contributed by atoms with van der Waals surface area (Å²) in [6.07, 6.45) is 4.07. The number of hydrogen-bond donors (Lipinski definition) is 0. The van der Waals surface area contributed by atoms with Crippen LogP contribution in [0.1, 0.15) is 11.6 Å². The van der Waals surface area contributed by atoms with Gasteiger partial charge in [0.1, 0.15) is 11.5 Å². The summed E-state index contributed by atoms with van der Waals surface area (Å²) in [5.41, 5.74) is 0.769. The average molecular weight is 229 g/mol. The molecule has 3 rings (SSSR count). The normalized spacial score (nSPS) is 10.9. The van der Waals surface area contributed by atoms with Gasteiger partial charge in [0.25, 0.3) is 0 Å². The van der Waals surface area contributed by atoms with E-state index in [0.717, 1.165) is 23.0 Å². The summed E-state index contributed by atoms with van der Waals surface area (Å²) in [6, 6.07) is 7.46. The molecule has 5 heteroatoms. The summed E-state index contributed by atoms with van der Waals surface area (Å²) in [6.45, 7) is 0. The monoisotopic (exact) mass is 229 g/mol. The number of fused-ring (bicyclic) bond motifs is 1. The van der Waals surface area contributed by atoms with Gasteiger partial charge < -0.3 is 9.15 Å². The van der Waals surface area contributed by atoms with E-state index in [2.05, 4.69) is 10.1 Å². The third kappa shape index (κ3) is 1.87. The van der Waals surface area contributed by atoms with E-state index < -0.39 is 0 Å². The molecule has 0 aliphatic rings. The largest absolute Gasteiger partial charge is 0.497 e. The van der Waals surface area contributed by atoms with Crippen molar-refractivity contribution >= 4 is 5.65 Å². The van der Waals surface area contributed by atoms with Crippen LogP contribution in [0.15, 0.2) is 41.1 Å². The Morgan fingerprint density at radius 2 is 2.35 bits per heavy atom. The highest BCUT2D eigenvalue weighted by Gasteiger charge is 2.06. The SMILES string of the molecule is COc1ccn2nc(Cc3ccco3)nc2c1. The van der Waals surface area contributed by atoms with Crippen LogP contribution in [-0.4, -0.2) is 21.7 Å². The lowest BCUT2D eigenvalue weighted by molar-refractivity contribution is 0.414. The van der Waals surface area contributed by atoms with Crippen LogP contribution < -0.4 is 4.74 Å². The number of furan rings is 1. The molecule has 0 aliphatic heterocycles. The van der Waals surface area contributed by atoms with Crippen LogP contribution in [0.5, 0.6) is 5.75 Å². The maximum atomic E-state index is 5.26. The van der Waals surface area contributed by atoms with Gasteiger partial charge in [-0.1, -0.05) is 0 Å². The number of rotatable bonds is 3. The van der Waals surface area contributed by atoms with Gasteiger partial charge in [-0.2, -0.15) is 5.10 Å². The van der Waals surface area contributed by atoms with Gasteiger partial charge in [-0.05, 0) is 18.2 Å². The van der Waals surface area contributed by atoms with E-state index in [1.54, 1.807) is 17.9 Å². The molecule has 0 aromatic carbocycles. The fraction of sp³-hybridized carbons (Fsp3) is 0.167. The molecule has 17 heavy (non-hydrogen) atoms. The Bertz CT molecular complexity index is 628. The topological polar surface area (TPSA) is 52.6 Å². The quantitative estimate of drug-likeness (QED) is 0.688. The highest BCUT2D eigenvalue weighted by molar-refractivity contribution is 5.43. The first-order valence-corrected chi connectivity index (χ1v) is 5.27. The van der Waals surface area contributed by atoms with Crippen LogP contribution in [0.25, 0.3) is 5.65 Å². The number of ether oxygens (including phenoxy) is 1. The van der Waals surface area contributed by atoms with Gasteiger partial charge in [-0.3, -0.25) is 0 Å². The summed E-state index contributed by atoms with van der Waals surface area (Å²) in [4.78, 5) is 4.41. The van der Waals surface area contributed by atoms with Crippen LogP contribution in [0.3, 0.4) is 0 Å². The molecule has 3 aromatic heterocycles. The maximum absolute atomic E-state index is 5.26. The van der Waals surface area contributed by atoms with E-state index in [9.17, 15) is 0 Å². The van der Waals surface area contributed by atoms with Crippen molar-refractivity contribution in [2.75, 3.05) is 7.11 Å². The summed E-state index contributed by atoms with van der Waals surface area (Å²) in [7, 11) is 1.63. The van der Waals surface area contributed by atoms with E-state index in [1.807, 2.05) is 30.5 Å². The highest BCUT2D eigenvalue weighted by Crippen LogP contribution is 2.13. The van der Waals surface area contributed by atoms with Crippen molar-refractivity contribution in [1.82, 2.24) is 14.6 Å². The molecule has 0 aliphatic carbocycles. The molecule has 3 heterocycles. The molecule has 86 valence electrons. The average Bonchev–Trinajstić information content (AvgIpc) is 2.96.